The van der Waals surface area contributed by atoms with Gasteiger partial charge in [-0.2, -0.15) is 0 Å². The van der Waals surface area contributed by atoms with Gasteiger partial charge in [0.2, 0.25) is 0 Å². The van der Waals surface area contributed by atoms with Gasteiger partial charge in [0.1, 0.15) is 91.8 Å². The Labute approximate surface area is 736 Å². The van der Waals surface area contributed by atoms with Crippen molar-refractivity contribution in [2.45, 2.75) is 223 Å². The Morgan fingerprint density at radius 1 is 0.415 bits per heavy atom. The third kappa shape index (κ3) is 25.6. The molecule has 0 aliphatic carbocycles. The lowest BCUT2D eigenvalue weighted by molar-refractivity contribution is -0.121. The van der Waals surface area contributed by atoms with Gasteiger partial charge in [0, 0.05) is 114 Å². The van der Waals surface area contributed by atoms with Gasteiger partial charge in [-0.1, -0.05) is 126 Å². The summed E-state index contributed by atoms with van der Waals surface area (Å²) < 4.78 is 55.3. The van der Waals surface area contributed by atoms with E-state index >= 15 is 0 Å². The number of rotatable bonds is 8. The molecule has 660 valence electrons. The highest BCUT2D eigenvalue weighted by Gasteiger charge is 2.47. The number of halogens is 3. The highest BCUT2D eigenvalue weighted by Crippen LogP contribution is 2.40. The Balaban J connectivity index is 0.000000133. The molecular formula is C94H117Cl3N10O16. The second-order valence-corrected chi connectivity index (χ2v) is 37.3. The quantitative estimate of drug-likeness (QED) is 0.0883. The summed E-state index contributed by atoms with van der Waals surface area (Å²) >= 11 is 17.5. The largest absolute Gasteiger partial charge is 0.492 e. The van der Waals surface area contributed by atoms with Gasteiger partial charge < -0.3 is 84.6 Å². The molecule has 18 rings (SSSR count). The molecule has 11 heterocycles. The van der Waals surface area contributed by atoms with Crippen molar-refractivity contribution in [1.82, 2.24) is 30.7 Å². The van der Waals surface area contributed by atoms with Crippen LogP contribution in [0, 0.1) is 0 Å². The van der Waals surface area contributed by atoms with E-state index < -0.39 is 23.4 Å². The van der Waals surface area contributed by atoms with Crippen LogP contribution in [0.4, 0.5) is 35.3 Å². The first-order valence-corrected chi connectivity index (χ1v) is 43.8. The van der Waals surface area contributed by atoms with E-state index in [0.29, 0.717) is 72.8 Å². The summed E-state index contributed by atoms with van der Waals surface area (Å²) in [7, 11) is 0. The first-order valence-electron chi connectivity index (χ1n) is 42.7. The summed E-state index contributed by atoms with van der Waals surface area (Å²) in [5.41, 5.74) is 19.9. The second-order valence-electron chi connectivity index (χ2n) is 36.0. The number of carbonyl (C=O) groups excluding carboxylic acids is 6. The van der Waals surface area contributed by atoms with Crippen molar-refractivity contribution in [2.75, 3.05) is 82.1 Å². The number of nitrogens with zero attached hydrogens (tertiary/aromatic N) is 5. The van der Waals surface area contributed by atoms with Crippen LogP contribution in [0.5, 0.6) is 28.7 Å². The van der Waals surface area contributed by atoms with Gasteiger partial charge in [-0.3, -0.25) is 19.5 Å². The lowest BCUT2D eigenvalue weighted by Gasteiger charge is -2.42. The smallest absolute Gasteiger partial charge is 0.410 e. The minimum Gasteiger partial charge on any atom is -0.492 e. The van der Waals surface area contributed by atoms with Gasteiger partial charge >= 0.3 is 30.5 Å². The maximum Gasteiger partial charge on any atom is 0.410 e. The van der Waals surface area contributed by atoms with Crippen molar-refractivity contribution in [3.8, 4) is 28.7 Å². The molecule has 0 aromatic heterocycles. The van der Waals surface area contributed by atoms with Crippen molar-refractivity contribution in [3.63, 3.8) is 0 Å². The highest BCUT2D eigenvalue weighted by molar-refractivity contribution is 6.31. The van der Waals surface area contributed by atoms with Gasteiger partial charge in [-0.15, -0.1) is 0 Å². The van der Waals surface area contributed by atoms with Crippen LogP contribution in [0.3, 0.4) is 0 Å². The predicted molar refractivity (Wildman–Crippen MR) is 473 cm³/mol. The number of nitrogens with two attached hydrogens (primary N) is 2. The van der Waals surface area contributed by atoms with Crippen molar-refractivity contribution < 1.29 is 76.1 Å². The zero-order valence-electron chi connectivity index (χ0n) is 71.7. The molecule has 0 saturated carbocycles. The number of hydrogen-bond acceptors (Lipinski definition) is 21. The summed E-state index contributed by atoms with van der Waals surface area (Å²) in [6, 6.07) is 49.8. The topological polar surface area (TPSA) is 299 Å². The molecule has 10 unspecified atom stereocenters. The average Bonchev–Trinajstić information content (AvgIpc) is 1.67. The number of amides is 5. The first-order chi connectivity index (χ1) is 58.7. The predicted octanol–water partition coefficient (Wildman–Crippen LogP) is 15.4. The molecule has 11 aliphatic rings. The van der Waals surface area contributed by atoms with Crippen molar-refractivity contribution >= 4 is 82.4 Å². The molecule has 6 bridgehead atoms. The summed E-state index contributed by atoms with van der Waals surface area (Å²) in [5.74, 6) is 4.32. The molecule has 7 aromatic carbocycles. The van der Waals surface area contributed by atoms with Crippen LogP contribution in [0.25, 0.3) is 0 Å². The van der Waals surface area contributed by atoms with Crippen LogP contribution in [0.2, 0.25) is 15.1 Å². The summed E-state index contributed by atoms with van der Waals surface area (Å²) in [5, 5.41) is 11.1. The van der Waals surface area contributed by atoms with E-state index in [2.05, 4.69) is 62.1 Å². The van der Waals surface area contributed by atoms with E-state index in [4.69, 9.17) is 93.6 Å². The average molecular weight is 1750 g/mol. The Morgan fingerprint density at radius 2 is 0.740 bits per heavy atom. The molecular weight excluding hydrogens is 1630 g/mol. The number of ether oxygens (including phenoxy) is 10. The zero-order chi connectivity index (χ0) is 87.3. The van der Waals surface area contributed by atoms with Crippen LogP contribution in [0.15, 0.2) is 152 Å². The van der Waals surface area contributed by atoms with E-state index in [-0.39, 0.29) is 97.8 Å². The number of alkyl carbamates (subject to hydrolysis) is 2. The van der Waals surface area contributed by atoms with Gasteiger partial charge in [0.05, 0.1) is 36.3 Å². The maximum absolute atomic E-state index is 12.8. The normalized spacial score (nSPS) is 22.8. The number of anilines is 2. The number of piperazine rings is 3. The van der Waals surface area contributed by atoms with Crippen molar-refractivity contribution in [3.05, 3.63) is 206 Å². The standard InChI is InChI=1S/C28H35N3O5.C20H29N3O3.C17H16ClNO3.C11H20N2O2.C9H10ClNO.C9H7ClO2/c1-28(2,3)36-27(33)31-23-11-12-24(31)16-30(15-23)22-10-9-20-13-21(18-34-25(20)14-22)29-26(32)35-17-19-7-5-4-6-8-19;1-20(2,3)26-19(24)23-16-6-7-17(23)11-22(10-16)15-5-4-13-8-14(21)12-25-18(13)9-15;18-14-7-6-13-8-15(11-21-16(13)9-14)19-17(20)22-10-12-4-2-1-3-5-12;1-11(2,3)15-10(14)13-8-4-5-9(13)7-12-6-8;2*10-7-2-1-6-3-8(11)5-12-9(6)4-7/h4-10,14,21,23-24H,11-13,15-18H2,1-3H3,(H,29,32);4-5,9,14,16-17H,6-8,10-12,21H2,1-3H3;1-7,9,15H,8,10-11H2,(H,19,20);8-9,12H,4-7H2,1-3H3;1-2,4,8H,3,5,11H2;1-2,4H,3,5H2. The van der Waals surface area contributed by atoms with E-state index in [1.54, 1.807) is 18.2 Å². The minimum absolute atomic E-state index is 0.0848. The number of hydrogen-bond donors (Lipinski definition) is 5. The Hall–Kier alpha value is -10.1. The molecule has 7 N–H and O–H groups in total. The second kappa shape index (κ2) is 40.7. The Bertz CT molecular complexity index is 4780. The molecule has 6 fully saturated rings. The molecule has 0 spiro atoms. The van der Waals surface area contributed by atoms with E-state index in [1.807, 2.05) is 174 Å². The SMILES string of the molecule is CC(C)(C)OC(=O)N1C2CCC1CN(c1ccc3c(c1)OCC(N)C3)C2.CC(C)(C)OC(=O)N1C2CCC1CN(c1ccc3c(c1)OCC(NC(=O)OCc1ccccc1)C3)C2.CC(C)(C)OC(=O)N1C2CCC1CNC2.NC1COc2cc(Cl)ccc2C1.O=C(NC1COc2cc(Cl)ccc2C1)OCc1ccccc1.O=C1COc2cc(Cl)ccc2C1. The van der Waals surface area contributed by atoms with Crippen LogP contribution >= 0.6 is 34.8 Å². The third-order valence-electron chi connectivity index (χ3n) is 22.6. The van der Waals surface area contributed by atoms with Crippen molar-refractivity contribution in [1.29, 1.82) is 0 Å². The van der Waals surface area contributed by atoms with E-state index in [1.165, 1.54) is 11.3 Å². The minimum atomic E-state index is -0.491. The van der Waals surface area contributed by atoms with Crippen molar-refractivity contribution in [2.24, 2.45) is 11.5 Å². The van der Waals surface area contributed by atoms with E-state index in [0.717, 1.165) is 158 Å². The van der Waals surface area contributed by atoms with Gasteiger partial charge in [-0.05, 0) is 208 Å². The molecule has 29 heteroatoms. The third-order valence-corrected chi connectivity index (χ3v) is 23.3. The number of nitrogens with one attached hydrogen (secondary N) is 3. The molecule has 6 saturated heterocycles. The van der Waals surface area contributed by atoms with E-state index in [9.17, 15) is 28.8 Å². The van der Waals surface area contributed by atoms with Crippen LogP contribution < -0.4 is 60.9 Å². The van der Waals surface area contributed by atoms with Gasteiger partial charge in [0.25, 0.3) is 0 Å². The Kier molecular flexibility index (Phi) is 30.0. The van der Waals surface area contributed by atoms with Gasteiger partial charge in [-0.25, -0.2) is 24.0 Å². The molecule has 123 heavy (non-hydrogen) atoms. The molecule has 5 amide bonds. The number of benzene rings is 7. The lowest BCUT2D eigenvalue weighted by atomic mass is 10.0. The fraction of sp³-hybridized carbons (Fsp3) is 0.489. The number of carbonyl (C=O) groups is 6. The molecule has 10 atom stereocenters. The lowest BCUT2D eigenvalue weighted by Crippen LogP contribution is -2.56. The van der Waals surface area contributed by atoms with Crippen LogP contribution in [-0.4, -0.2) is 200 Å². The number of Topliss-reactive ketones (excluding diaryl/α,β-unsaturated/α-hetero) is 1. The zero-order valence-corrected chi connectivity index (χ0v) is 74.0. The number of ketones is 1. The van der Waals surface area contributed by atoms with Gasteiger partial charge in [0.15, 0.2) is 5.78 Å². The molecule has 7 aromatic rings. The monoisotopic (exact) mass is 1750 g/mol. The highest BCUT2D eigenvalue weighted by atomic mass is 35.5. The summed E-state index contributed by atoms with van der Waals surface area (Å²) in [6.45, 7) is 24.9. The molecule has 0 radical (unpaired) electrons. The fourth-order valence-electron chi connectivity index (χ4n) is 17.0. The summed E-state index contributed by atoms with van der Waals surface area (Å²) in [4.78, 5) is 82.9. The number of fused-ring (bicyclic) bond motifs is 11. The Morgan fingerprint density at radius 3 is 1.12 bits per heavy atom. The fourth-order valence-corrected chi connectivity index (χ4v) is 17.5. The molecule has 11 aliphatic heterocycles. The molecule has 26 nitrogen and oxygen atoms in total. The summed E-state index contributed by atoms with van der Waals surface area (Å²) in [6.07, 6.45) is 8.49. The van der Waals surface area contributed by atoms with Crippen LogP contribution in [-0.2, 0) is 73.8 Å². The maximum atomic E-state index is 12.8. The first kappa shape index (κ1) is 90.6. The van der Waals surface area contributed by atoms with Crippen LogP contribution in [0.1, 0.15) is 140 Å².